The van der Waals surface area contributed by atoms with Crippen LogP contribution in [0, 0.1) is 5.92 Å². The SMILES string of the molecule is C=C1C/C(=N/O)C(C)(C)NCCC(CCNN)CCNC1(C)C. The Morgan fingerprint density at radius 1 is 1.22 bits per heavy atom. The molecule has 0 saturated carbocycles. The van der Waals surface area contributed by atoms with Crippen molar-refractivity contribution in [2.75, 3.05) is 19.6 Å². The summed E-state index contributed by atoms with van der Waals surface area (Å²) in [7, 11) is 0. The van der Waals surface area contributed by atoms with E-state index in [1.54, 1.807) is 0 Å². The molecule has 0 amide bonds. The van der Waals surface area contributed by atoms with E-state index < -0.39 is 0 Å². The number of hydrogen-bond donors (Lipinski definition) is 5. The van der Waals surface area contributed by atoms with Crippen LogP contribution in [-0.2, 0) is 0 Å². The summed E-state index contributed by atoms with van der Waals surface area (Å²) in [5, 5.41) is 20.1. The molecule has 1 atom stereocenters. The van der Waals surface area contributed by atoms with Gasteiger partial charge in [0, 0.05) is 18.5 Å². The molecule has 1 fully saturated rings. The molecule has 0 aromatic heterocycles. The first-order chi connectivity index (χ1) is 10.7. The van der Waals surface area contributed by atoms with Gasteiger partial charge in [0.25, 0.3) is 0 Å². The van der Waals surface area contributed by atoms with Crippen LogP contribution in [0.25, 0.3) is 0 Å². The second-order valence-electron chi connectivity index (χ2n) is 7.62. The minimum Gasteiger partial charge on any atom is -0.411 e. The van der Waals surface area contributed by atoms with Crippen LogP contribution in [0.5, 0.6) is 0 Å². The van der Waals surface area contributed by atoms with Crippen molar-refractivity contribution in [2.45, 2.75) is 64.5 Å². The highest BCUT2D eigenvalue weighted by atomic mass is 16.4. The number of rotatable bonds is 3. The van der Waals surface area contributed by atoms with Crippen molar-refractivity contribution in [1.29, 1.82) is 0 Å². The largest absolute Gasteiger partial charge is 0.411 e. The molecule has 0 spiro atoms. The summed E-state index contributed by atoms with van der Waals surface area (Å²) in [4.78, 5) is 0. The van der Waals surface area contributed by atoms with Crippen molar-refractivity contribution < 1.29 is 5.21 Å². The average molecular weight is 326 g/mol. The van der Waals surface area contributed by atoms with Crippen LogP contribution in [0.4, 0.5) is 0 Å². The van der Waals surface area contributed by atoms with Gasteiger partial charge in [-0.05, 0) is 66.0 Å². The van der Waals surface area contributed by atoms with Gasteiger partial charge in [-0.25, -0.2) is 0 Å². The number of nitrogens with zero attached hydrogens (tertiary/aromatic N) is 1. The Kier molecular flexibility index (Phi) is 7.67. The molecule has 1 unspecified atom stereocenters. The zero-order valence-corrected chi connectivity index (χ0v) is 15.2. The molecular weight excluding hydrogens is 290 g/mol. The molecule has 23 heavy (non-hydrogen) atoms. The first kappa shape index (κ1) is 20.1. The van der Waals surface area contributed by atoms with Crippen molar-refractivity contribution in [2.24, 2.45) is 16.9 Å². The highest BCUT2D eigenvalue weighted by Crippen LogP contribution is 2.23. The third-order valence-corrected chi connectivity index (χ3v) is 5.04. The molecule has 0 aromatic carbocycles. The number of nitrogens with one attached hydrogen (secondary N) is 3. The van der Waals surface area contributed by atoms with E-state index in [1.807, 2.05) is 0 Å². The fraction of sp³-hybridized carbons (Fsp3) is 0.824. The monoisotopic (exact) mass is 325 g/mol. The van der Waals surface area contributed by atoms with Gasteiger partial charge in [-0.1, -0.05) is 17.3 Å². The van der Waals surface area contributed by atoms with Gasteiger partial charge in [-0.3, -0.25) is 11.3 Å². The quantitative estimate of drug-likeness (QED) is 0.236. The van der Waals surface area contributed by atoms with E-state index in [2.05, 4.69) is 55.5 Å². The maximum Gasteiger partial charge on any atom is 0.0806 e. The molecule has 6 heteroatoms. The molecule has 134 valence electrons. The molecule has 0 bridgehead atoms. The first-order valence-corrected chi connectivity index (χ1v) is 8.56. The first-order valence-electron chi connectivity index (χ1n) is 8.56. The van der Waals surface area contributed by atoms with Gasteiger partial charge in [-0.15, -0.1) is 0 Å². The van der Waals surface area contributed by atoms with Crippen LogP contribution in [-0.4, -0.2) is 41.6 Å². The Bertz CT molecular complexity index is 417. The predicted octanol–water partition coefficient (Wildman–Crippen LogP) is 1.76. The van der Waals surface area contributed by atoms with Crippen molar-refractivity contribution in [3.8, 4) is 0 Å². The van der Waals surface area contributed by atoms with E-state index >= 15 is 0 Å². The zero-order valence-electron chi connectivity index (χ0n) is 15.2. The maximum absolute atomic E-state index is 9.45. The number of hydrazine groups is 1. The Morgan fingerprint density at radius 3 is 2.30 bits per heavy atom. The molecule has 6 N–H and O–H groups in total. The molecule has 0 radical (unpaired) electrons. The van der Waals surface area contributed by atoms with Crippen molar-refractivity contribution in [3.63, 3.8) is 0 Å². The summed E-state index contributed by atoms with van der Waals surface area (Å²) < 4.78 is 0. The molecule has 6 nitrogen and oxygen atoms in total. The predicted molar refractivity (Wildman–Crippen MR) is 96.7 cm³/mol. The van der Waals surface area contributed by atoms with Crippen molar-refractivity contribution in [3.05, 3.63) is 12.2 Å². The smallest absolute Gasteiger partial charge is 0.0806 e. The fourth-order valence-corrected chi connectivity index (χ4v) is 2.93. The van der Waals surface area contributed by atoms with Gasteiger partial charge in [0.05, 0.1) is 11.3 Å². The van der Waals surface area contributed by atoms with Gasteiger partial charge >= 0.3 is 0 Å². The molecule has 1 saturated heterocycles. The maximum atomic E-state index is 9.45. The summed E-state index contributed by atoms with van der Waals surface area (Å²) >= 11 is 0. The number of hydrogen-bond acceptors (Lipinski definition) is 6. The lowest BCUT2D eigenvalue weighted by Crippen LogP contribution is -2.50. The lowest BCUT2D eigenvalue weighted by molar-refractivity contribution is 0.304. The lowest BCUT2D eigenvalue weighted by Gasteiger charge is -2.35. The van der Waals surface area contributed by atoms with E-state index in [4.69, 9.17) is 5.84 Å². The standard InChI is InChI=1S/C17H35N5O/c1-13-12-15(22-23)17(4,5)20-10-7-14(8-11-21-18)6-9-19-16(13,2)3/h14,19-21,23H,1,6-12,18H2,2-5H3/b22-15-. The summed E-state index contributed by atoms with van der Waals surface area (Å²) in [6.07, 6.45) is 3.83. The fourth-order valence-electron chi connectivity index (χ4n) is 2.93. The van der Waals surface area contributed by atoms with Crippen molar-refractivity contribution >= 4 is 5.71 Å². The molecule has 1 aliphatic rings. The summed E-state index contributed by atoms with van der Waals surface area (Å²) in [6.45, 7) is 15.2. The normalized spacial score (nSPS) is 28.1. The zero-order chi connectivity index (χ0) is 17.5. The Morgan fingerprint density at radius 2 is 1.78 bits per heavy atom. The van der Waals surface area contributed by atoms with Gasteiger partial charge < -0.3 is 15.8 Å². The van der Waals surface area contributed by atoms with Crippen LogP contribution in [0.2, 0.25) is 0 Å². The highest BCUT2D eigenvalue weighted by molar-refractivity contribution is 5.94. The number of nitrogens with two attached hydrogens (primary N) is 1. The molecule has 1 heterocycles. The van der Waals surface area contributed by atoms with Crippen LogP contribution in [0.1, 0.15) is 53.4 Å². The summed E-state index contributed by atoms with van der Waals surface area (Å²) in [5.41, 5.74) is 3.95. The van der Waals surface area contributed by atoms with Crippen LogP contribution in [0.3, 0.4) is 0 Å². The van der Waals surface area contributed by atoms with Gasteiger partial charge in [0.2, 0.25) is 0 Å². The topological polar surface area (TPSA) is 94.7 Å². The highest BCUT2D eigenvalue weighted by Gasteiger charge is 2.30. The van der Waals surface area contributed by atoms with Crippen molar-refractivity contribution in [1.82, 2.24) is 16.1 Å². The van der Waals surface area contributed by atoms with E-state index in [9.17, 15) is 5.21 Å². The van der Waals surface area contributed by atoms with Crippen LogP contribution >= 0.6 is 0 Å². The van der Waals surface area contributed by atoms with Gasteiger partial charge in [0.1, 0.15) is 0 Å². The summed E-state index contributed by atoms with van der Waals surface area (Å²) in [5.74, 6) is 6.02. The minimum atomic E-state index is -0.358. The third kappa shape index (κ3) is 6.22. The van der Waals surface area contributed by atoms with E-state index in [0.29, 0.717) is 12.3 Å². The van der Waals surface area contributed by atoms with Crippen LogP contribution in [0.15, 0.2) is 17.3 Å². The van der Waals surface area contributed by atoms with Gasteiger partial charge in [-0.2, -0.15) is 0 Å². The lowest BCUT2D eigenvalue weighted by atomic mass is 9.84. The average Bonchev–Trinajstić information content (AvgIpc) is 2.47. The Balaban J connectivity index is 2.89. The molecule has 1 rings (SSSR count). The molecule has 0 aromatic rings. The summed E-state index contributed by atoms with van der Waals surface area (Å²) in [6, 6.07) is 0. The Hall–Kier alpha value is -0.950. The Labute approximate surface area is 140 Å². The second kappa shape index (κ2) is 8.78. The molecular formula is C17H35N5O. The van der Waals surface area contributed by atoms with E-state index in [0.717, 1.165) is 50.2 Å². The van der Waals surface area contributed by atoms with Crippen LogP contribution < -0.4 is 21.9 Å². The van der Waals surface area contributed by atoms with E-state index in [-0.39, 0.29) is 11.1 Å². The third-order valence-electron chi connectivity index (χ3n) is 5.04. The second-order valence-corrected chi connectivity index (χ2v) is 7.62. The minimum absolute atomic E-state index is 0.193. The van der Waals surface area contributed by atoms with E-state index in [1.165, 1.54) is 0 Å². The van der Waals surface area contributed by atoms with Gasteiger partial charge in [0.15, 0.2) is 0 Å². The molecule has 0 aliphatic carbocycles. The molecule has 1 aliphatic heterocycles. The number of oxime groups is 1.